The van der Waals surface area contributed by atoms with Crippen molar-refractivity contribution in [1.82, 2.24) is 9.80 Å². The highest BCUT2D eigenvalue weighted by atomic mass is 16.5. The topological polar surface area (TPSA) is 35.9 Å². The summed E-state index contributed by atoms with van der Waals surface area (Å²) in [6, 6.07) is 0.612. The zero-order chi connectivity index (χ0) is 12.4. The molecule has 0 aromatic carbocycles. The molecule has 0 amide bonds. The molecule has 0 aromatic rings. The molecular formula is C14H26N2O2. The maximum atomic E-state index is 10.7. The Kier molecular flexibility index (Phi) is 3.89. The van der Waals surface area contributed by atoms with Crippen LogP contribution >= 0.6 is 0 Å². The Morgan fingerprint density at radius 2 is 1.83 bits per heavy atom. The average Bonchev–Trinajstić information content (AvgIpc) is 3.02. The first kappa shape index (κ1) is 12.9. The van der Waals surface area contributed by atoms with Crippen molar-refractivity contribution >= 4 is 0 Å². The summed E-state index contributed by atoms with van der Waals surface area (Å²) in [4.78, 5) is 4.96. The van der Waals surface area contributed by atoms with Crippen LogP contribution in [0.4, 0.5) is 0 Å². The van der Waals surface area contributed by atoms with E-state index in [9.17, 15) is 5.11 Å². The summed E-state index contributed by atoms with van der Waals surface area (Å²) >= 11 is 0. The lowest BCUT2D eigenvalue weighted by Crippen LogP contribution is -2.52. The summed E-state index contributed by atoms with van der Waals surface area (Å²) in [7, 11) is 0. The molecule has 0 spiro atoms. The Balaban J connectivity index is 1.48. The van der Waals surface area contributed by atoms with E-state index in [-0.39, 0.29) is 0 Å². The van der Waals surface area contributed by atoms with E-state index >= 15 is 0 Å². The van der Waals surface area contributed by atoms with Gasteiger partial charge in [0.05, 0.1) is 12.2 Å². The lowest BCUT2D eigenvalue weighted by atomic mass is 9.90. The van der Waals surface area contributed by atoms with Crippen LogP contribution in [-0.4, -0.2) is 72.5 Å². The van der Waals surface area contributed by atoms with Crippen LogP contribution in [0.5, 0.6) is 0 Å². The number of likely N-dealkylation sites (tertiary alicyclic amines) is 2. The van der Waals surface area contributed by atoms with Crippen molar-refractivity contribution in [2.24, 2.45) is 0 Å². The highest BCUT2D eigenvalue weighted by Gasteiger charge is 2.37. The Morgan fingerprint density at radius 1 is 1.11 bits per heavy atom. The van der Waals surface area contributed by atoms with Crippen molar-refractivity contribution in [3.63, 3.8) is 0 Å². The Labute approximate surface area is 110 Å². The standard InChI is InChI=1S/C14H26N2O2/c17-14(12-15-6-1-2-7-15)4-8-16(9-5-14)13-3-10-18-11-13/h13,17H,1-12H2. The zero-order valence-electron chi connectivity index (χ0n) is 11.3. The van der Waals surface area contributed by atoms with E-state index in [2.05, 4.69) is 9.80 Å². The monoisotopic (exact) mass is 254 g/mol. The molecule has 3 fully saturated rings. The van der Waals surface area contributed by atoms with Gasteiger partial charge < -0.3 is 14.7 Å². The van der Waals surface area contributed by atoms with Gasteiger partial charge in [0.1, 0.15) is 0 Å². The molecule has 0 aliphatic carbocycles. The van der Waals surface area contributed by atoms with E-state index in [0.717, 1.165) is 45.7 Å². The lowest BCUT2D eigenvalue weighted by Gasteiger charge is -2.42. The van der Waals surface area contributed by atoms with Gasteiger partial charge in [-0.05, 0) is 45.2 Å². The van der Waals surface area contributed by atoms with Crippen LogP contribution in [-0.2, 0) is 4.74 Å². The van der Waals surface area contributed by atoms with Gasteiger partial charge in [0, 0.05) is 32.3 Å². The van der Waals surface area contributed by atoms with Gasteiger partial charge in [0.15, 0.2) is 0 Å². The molecule has 4 nitrogen and oxygen atoms in total. The summed E-state index contributed by atoms with van der Waals surface area (Å²) in [6.45, 7) is 7.15. The molecule has 104 valence electrons. The molecule has 3 rings (SSSR count). The molecule has 0 saturated carbocycles. The molecule has 1 N–H and O–H groups in total. The second-order valence-electron chi connectivity index (χ2n) is 6.26. The lowest BCUT2D eigenvalue weighted by molar-refractivity contribution is -0.0497. The fourth-order valence-electron chi connectivity index (χ4n) is 3.63. The van der Waals surface area contributed by atoms with Gasteiger partial charge in [-0.1, -0.05) is 0 Å². The minimum absolute atomic E-state index is 0.430. The maximum Gasteiger partial charge on any atom is 0.0798 e. The first-order chi connectivity index (χ1) is 8.75. The first-order valence-electron chi connectivity index (χ1n) is 7.52. The molecule has 1 atom stereocenters. The molecule has 3 saturated heterocycles. The third kappa shape index (κ3) is 2.87. The van der Waals surface area contributed by atoms with Crippen molar-refractivity contribution in [3.05, 3.63) is 0 Å². The number of aliphatic hydroxyl groups is 1. The van der Waals surface area contributed by atoms with Crippen LogP contribution in [0.3, 0.4) is 0 Å². The Morgan fingerprint density at radius 3 is 2.44 bits per heavy atom. The van der Waals surface area contributed by atoms with Gasteiger partial charge in [-0.3, -0.25) is 4.90 Å². The van der Waals surface area contributed by atoms with Crippen molar-refractivity contribution in [1.29, 1.82) is 0 Å². The predicted octanol–water partition coefficient (Wildman–Crippen LogP) is 0.698. The Bertz CT molecular complexity index is 265. The molecule has 18 heavy (non-hydrogen) atoms. The average molecular weight is 254 g/mol. The summed E-state index contributed by atoms with van der Waals surface area (Å²) in [5.41, 5.74) is -0.430. The highest BCUT2D eigenvalue weighted by molar-refractivity contribution is 4.91. The van der Waals surface area contributed by atoms with Crippen LogP contribution < -0.4 is 0 Å². The fraction of sp³-hybridized carbons (Fsp3) is 1.00. The van der Waals surface area contributed by atoms with Gasteiger partial charge in [-0.2, -0.15) is 0 Å². The van der Waals surface area contributed by atoms with Gasteiger partial charge in [-0.25, -0.2) is 0 Å². The first-order valence-corrected chi connectivity index (χ1v) is 7.52. The molecule has 3 aliphatic heterocycles. The number of rotatable bonds is 3. The predicted molar refractivity (Wildman–Crippen MR) is 70.7 cm³/mol. The summed E-state index contributed by atoms with van der Waals surface area (Å²) in [5.74, 6) is 0. The molecule has 0 radical (unpaired) electrons. The van der Waals surface area contributed by atoms with Crippen LogP contribution in [0.2, 0.25) is 0 Å². The van der Waals surface area contributed by atoms with Crippen molar-refractivity contribution in [2.45, 2.75) is 43.7 Å². The summed E-state index contributed by atoms with van der Waals surface area (Å²) in [6.07, 6.45) is 5.65. The minimum atomic E-state index is -0.430. The largest absolute Gasteiger partial charge is 0.388 e. The minimum Gasteiger partial charge on any atom is -0.388 e. The number of β-amino-alcohol motifs (C(OH)–C–C–N with tert-alkyl or cyclic N) is 1. The van der Waals surface area contributed by atoms with E-state index in [1.807, 2.05) is 0 Å². The van der Waals surface area contributed by atoms with E-state index in [1.54, 1.807) is 0 Å². The normalized spacial score (nSPS) is 34.2. The third-order valence-electron chi connectivity index (χ3n) is 4.87. The number of hydrogen-bond donors (Lipinski definition) is 1. The quantitative estimate of drug-likeness (QED) is 0.804. The zero-order valence-corrected chi connectivity index (χ0v) is 11.3. The number of ether oxygens (including phenoxy) is 1. The SMILES string of the molecule is OC1(CN2CCCC2)CCN(C2CCOC2)CC1. The Hall–Kier alpha value is -0.160. The van der Waals surface area contributed by atoms with Crippen molar-refractivity contribution in [3.8, 4) is 0 Å². The second kappa shape index (κ2) is 5.45. The van der Waals surface area contributed by atoms with Gasteiger partial charge in [-0.15, -0.1) is 0 Å². The molecular weight excluding hydrogens is 228 g/mol. The smallest absolute Gasteiger partial charge is 0.0798 e. The number of hydrogen-bond acceptors (Lipinski definition) is 4. The van der Waals surface area contributed by atoms with Crippen molar-refractivity contribution in [2.75, 3.05) is 45.9 Å². The molecule has 3 heterocycles. The molecule has 0 bridgehead atoms. The fourth-order valence-corrected chi connectivity index (χ4v) is 3.63. The van der Waals surface area contributed by atoms with E-state index in [1.165, 1.54) is 32.4 Å². The van der Waals surface area contributed by atoms with E-state index in [4.69, 9.17) is 4.74 Å². The third-order valence-corrected chi connectivity index (χ3v) is 4.87. The second-order valence-corrected chi connectivity index (χ2v) is 6.26. The number of nitrogens with zero attached hydrogens (tertiary/aromatic N) is 2. The van der Waals surface area contributed by atoms with Gasteiger partial charge in [0.2, 0.25) is 0 Å². The highest BCUT2D eigenvalue weighted by Crippen LogP contribution is 2.27. The molecule has 4 heteroatoms. The van der Waals surface area contributed by atoms with Crippen LogP contribution in [0, 0.1) is 0 Å². The maximum absolute atomic E-state index is 10.7. The van der Waals surface area contributed by atoms with Gasteiger partial charge in [0.25, 0.3) is 0 Å². The molecule has 1 unspecified atom stereocenters. The van der Waals surface area contributed by atoms with E-state index < -0.39 is 5.60 Å². The van der Waals surface area contributed by atoms with Crippen LogP contribution in [0.15, 0.2) is 0 Å². The van der Waals surface area contributed by atoms with E-state index in [0.29, 0.717) is 6.04 Å². The van der Waals surface area contributed by atoms with Gasteiger partial charge >= 0.3 is 0 Å². The van der Waals surface area contributed by atoms with Crippen molar-refractivity contribution < 1.29 is 9.84 Å². The molecule has 3 aliphatic rings. The van der Waals surface area contributed by atoms with Crippen LogP contribution in [0.25, 0.3) is 0 Å². The summed E-state index contributed by atoms with van der Waals surface area (Å²) in [5, 5.41) is 10.7. The molecule has 0 aromatic heterocycles. The number of piperidine rings is 1. The van der Waals surface area contributed by atoms with Crippen LogP contribution in [0.1, 0.15) is 32.1 Å². The summed E-state index contributed by atoms with van der Waals surface area (Å²) < 4.78 is 5.46.